The molecule has 0 radical (unpaired) electrons. The van der Waals surface area contributed by atoms with Crippen LogP contribution in [0.1, 0.15) is 45.4 Å². The maximum Gasteiger partial charge on any atom is 0.322 e. The fourth-order valence-corrected chi connectivity index (χ4v) is 2.70. The van der Waals surface area contributed by atoms with Crippen molar-refractivity contribution in [3.05, 3.63) is 0 Å². The van der Waals surface area contributed by atoms with E-state index in [-0.39, 0.29) is 11.8 Å². The van der Waals surface area contributed by atoms with Crippen LogP contribution in [-0.2, 0) is 9.59 Å². The van der Waals surface area contributed by atoms with Crippen LogP contribution in [0.15, 0.2) is 0 Å². The van der Waals surface area contributed by atoms with Crippen molar-refractivity contribution < 1.29 is 14.4 Å². The quantitative estimate of drug-likeness (QED) is 0.570. The molecule has 1 atom stereocenters. The van der Waals surface area contributed by atoms with Crippen molar-refractivity contribution in [3.8, 4) is 0 Å². The van der Waals surface area contributed by atoms with E-state index in [1.54, 1.807) is 4.90 Å². The molecule has 1 unspecified atom stereocenters. The van der Waals surface area contributed by atoms with E-state index in [2.05, 4.69) is 17.6 Å². The van der Waals surface area contributed by atoms with Crippen LogP contribution in [0, 0.1) is 0 Å². The van der Waals surface area contributed by atoms with E-state index >= 15 is 0 Å². The lowest BCUT2D eigenvalue weighted by atomic mass is 9.99. The smallest absolute Gasteiger partial charge is 0.322 e. The molecule has 1 spiro atoms. The highest BCUT2D eigenvalue weighted by atomic mass is 16.2. The number of urea groups is 1. The number of nitrogens with zero attached hydrogens (tertiary/aromatic N) is 1. The van der Waals surface area contributed by atoms with Gasteiger partial charge >= 0.3 is 6.03 Å². The second-order valence-electron chi connectivity index (χ2n) is 5.37. The molecule has 2 heterocycles. The van der Waals surface area contributed by atoms with Crippen LogP contribution in [0.5, 0.6) is 0 Å². The molecule has 6 heteroatoms. The van der Waals surface area contributed by atoms with Crippen molar-refractivity contribution in [1.82, 2.24) is 15.5 Å². The number of likely N-dealkylation sites (tertiary alicyclic amines) is 1. The van der Waals surface area contributed by atoms with E-state index in [0.29, 0.717) is 25.9 Å². The number of unbranched alkanes of at least 4 members (excludes halogenated alkanes) is 3. The molecule has 0 aromatic carbocycles. The Morgan fingerprint density at radius 2 is 2.11 bits per heavy atom. The van der Waals surface area contributed by atoms with Crippen molar-refractivity contribution in [2.24, 2.45) is 0 Å². The summed E-state index contributed by atoms with van der Waals surface area (Å²) in [6.07, 6.45) is 5.30. The third-order valence-electron chi connectivity index (χ3n) is 3.88. The molecular formula is C13H21N3O3. The van der Waals surface area contributed by atoms with Crippen LogP contribution >= 0.6 is 0 Å². The fraction of sp³-hybridized carbons (Fsp3) is 0.769. The largest absolute Gasteiger partial charge is 0.340 e. The van der Waals surface area contributed by atoms with E-state index in [1.807, 2.05) is 0 Å². The summed E-state index contributed by atoms with van der Waals surface area (Å²) in [6.45, 7) is 2.98. The summed E-state index contributed by atoms with van der Waals surface area (Å²) >= 11 is 0. The lowest BCUT2D eigenvalue weighted by Gasteiger charge is -2.21. The summed E-state index contributed by atoms with van der Waals surface area (Å²) in [6, 6.07) is -0.456. The maximum atomic E-state index is 12.0. The van der Waals surface area contributed by atoms with Crippen molar-refractivity contribution in [1.29, 1.82) is 0 Å². The SMILES string of the molecule is CCCCCCC(=O)N1CCC2(C1)NC(=O)NC2=O. The lowest BCUT2D eigenvalue weighted by molar-refractivity contribution is -0.130. The molecule has 106 valence electrons. The Kier molecular flexibility index (Phi) is 4.07. The Morgan fingerprint density at radius 3 is 2.74 bits per heavy atom. The summed E-state index contributed by atoms with van der Waals surface area (Å²) in [4.78, 5) is 36.6. The third kappa shape index (κ3) is 2.88. The zero-order chi connectivity index (χ0) is 13.9. The number of imide groups is 1. The number of hydrogen-bond donors (Lipinski definition) is 2. The highest BCUT2D eigenvalue weighted by Crippen LogP contribution is 2.25. The van der Waals surface area contributed by atoms with Gasteiger partial charge in [-0.2, -0.15) is 0 Å². The van der Waals surface area contributed by atoms with Crippen LogP contribution in [-0.4, -0.2) is 41.4 Å². The minimum atomic E-state index is -0.879. The second kappa shape index (κ2) is 5.59. The van der Waals surface area contributed by atoms with Crippen molar-refractivity contribution in [2.75, 3.05) is 13.1 Å². The van der Waals surface area contributed by atoms with E-state index in [4.69, 9.17) is 0 Å². The number of amides is 4. The van der Waals surface area contributed by atoms with Gasteiger partial charge in [-0.3, -0.25) is 14.9 Å². The fourth-order valence-electron chi connectivity index (χ4n) is 2.70. The Balaban J connectivity index is 1.83. The average Bonchev–Trinajstić information content (AvgIpc) is 2.90. The molecule has 2 rings (SSSR count). The van der Waals surface area contributed by atoms with Crippen LogP contribution in [0.3, 0.4) is 0 Å². The van der Waals surface area contributed by atoms with Crippen LogP contribution in [0.2, 0.25) is 0 Å². The Bertz CT molecular complexity index is 397. The minimum Gasteiger partial charge on any atom is -0.340 e. The molecule has 0 aliphatic carbocycles. The van der Waals surface area contributed by atoms with Gasteiger partial charge in [0.25, 0.3) is 5.91 Å². The summed E-state index contributed by atoms with van der Waals surface area (Å²) < 4.78 is 0. The predicted octanol–water partition coefficient (Wildman–Crippen LogP) is 0.767. The lowest BCUT2D eigenvalue weighted by Crippen LogP contribution is -2.49. The molecule has 2 fully saturated rings. The summed E-state index contributed by atoms with van der Waals surface area (Å²) in [5.74, 6) is -0.222. The Labute approximate surface area is 112 Å². The maximum absolute atomic E-state index is 12.0. The first-order valence-electron chi connectivity index (χ1n) is 6.99. The molecule has 2 saturated heterocycles. The molecule has 0 aromatic heterocycles. The Hall–Kier alpha value is -1.59. The molecule has 0 bridgehead atoms. The van der Waals surface area contributed by atoms with Gasteiger partial charge in [-0.25, -0.2) is 4.79 Å². The van der Waals surface area contributed by atoms with Crippen molar-refractivity contribution >= 4 is 17.8 Å². The number of carbonyl (C=O) groups is 3. The molecule has 2 aliphatic heterocycles. The number of nitrogens with one attached hydrogen (secondary N) is 2. The predicted molar refractivity (Wildman–Crippen MR) is 69.4 cm³/mol. The summed E-state index contributed by atoms with van der Waals surface area (Å²) in [5, 5.41) is 4.89. The first-order valence-corrected chi connectivity index (χ1v) is 6.99. The van der Waals surface area contributed by atoms with Gasteiger partial charge in [0.2, 0.25) is 5.91 Å². The van der Waals surface area contributed by atoms with Gasteiger partial charge in [-0.15, -0.1) is 0 Å². The standard InChI is InChI=1S/C13H21N3O3/c1-2-3-4-5-6-10(17)16-8-7-13(9-16)11(18)14-12(19)15-13/h2-9H2,1H3,(H2,14,15,18,19). The first kappa shape index (κ1) is 13.8. The minimum absolute atomic E-state index is 0.0851. The van der Waals surface area contributed by atoms with Crippen LogP contribution in [0.4, 0.5) is 4.79 Å². The number of carbonyl (C=O) groups excluding carboxylic acids is 3. The normalized spacial score (nSPS) is 25.8. The van der Waals surface area contributed by atoms with E-state index < -0.39 is 11.6 Å². The molecule has 4 amide bonds. The van der Waals surface area contributed by atoms with Gasteiger partial charge in [0.15, 0.2) is 0 Å². The van der Waals surface area contributed by atoms with E-state index in [0.717, 1.165) is 25.7 Å². The molecule has 2 N–H and O–H groups in total. The molecule has 19 heavy (non-hydrogen) atoms. The number of hydrogen-bond acceptors (Lipinski definition) is 3. The zero-order valence-corrected chi connectivity index (χ0v) is 11.3. The van der Waals surface area contributed by atoms with E-state index in [1.165, 1.54) is 0 Å². The summed E-state index contributed by atoms with van der Waals surface area (Å²) in [5.41, 5.74) is -0.879. The van der Waals surface area contributed by atoms with Gasteiger partial charge < -0.3 is 10.2 Å². The van der Waals surface area contributed by atoms with Gasteiger partial charge in [0.1, 0.15) is 5.54 Å². The van der Waals surface area contributed by atoms with Crippen molar-refractivity contribution in [2.45, 2.75) is 51.0 Å². The van der Waals surface area contributed by atoms with Gasteiger partial charge in [-0.05, 0) is 12.8 Å². The average molecular weight is 267 g/mol. The molecule has 6 nitrogen and oxygen atoms in total. The molecular weight excluding hydrogens is 246 g/mol. The van der Waals surface area contributed by atoms with Crippen LogP contribution in [0.25, 0.3) is 0 Å². The molecule has 0 saturated carbocycles. The second-order valence-corrected chi connectivity index (χ2v) is 5.37. The summed E-state index contributed by atoms with van der Waals surface area (Å²) in [7, 11) is 0. The zero-order valence-electron chi connectivity index (χ0n) is 11.3. The molecule has 2 aliphatic rings. The molecule has 0 aromatic rings. The van der Waals surface area contributed by atoms with E-state index in [9.17, 15) is 14.4 Å². The van der Waals surface area contributed by atoms with Gasteiger partial charge in [-0.1, -0.05) is 26.2 Å². The first-order chi connectivity index (χ1) is 9.07. The third-order valence-corrected chi connectivity index (χ3v) is 3.88. The highest BCUT2D eigenvalue weighted by Gasteiger charge is 2.51. The number of rotatable bonds is 5. The van der Waals surface area contributed by atoms with Crippen molar-refractivity contribution in [3.63, 3.8) is 0 Å². The Morgan fingerprint density at radius 1 is 1.32 bits per heavy atom. The topological polar surface area (TPSA) is 78.5 Å². The van der Waals surface area contributed by atoms with Crippen LogP contribution < -0.4 is 10.6 Å². The monoisotopic (exact) mass is 267 g/mol. The highest BCUT2D eigenvalue weighted by molar-refractivity contribution is 6.07. The van der Waals surface area contributed by atoms with Gasteiger partial charge in [0, 0.05) is 13.0 Å². The van der Waals surface area contributed by atoms with Gasteiger partial charge in [0.05, 0.1) is 6.54 Å².